The lowest BCUT2D eigenvalue weighted by atomic mass is 9.72. The maximum absolute atomic E-state index is 14.5. The van der Waals surface area contributed by atoms with Gasteiger partial charge in [0, 0.05) is 50.9 Å². The highest BCUT2D eigenvalue weighted by Crippen LogP contribution is 2.39. The summed E-state index contributed by atoms with van der Waals surface area (Å²) in [7, 11) is 0. The molecule has 2 fully saturated rings. The molecule has 30 heavy (non-hydrogen) atoms. The fraction of sp³-hybridized carbons (Fsp3) is 0.522. The third-order valence-corrected chi connectivity index (χ3v) is 6.78. The van der Waals surface area contributed by atoms with Crippen molar-refractivity contribution in [3.8, 4) is 0 Å². The van der Waals surface area contributed by atoms with Crippen molar-refractivity contribution in [1.29, 1.82) is 0 Å². The topological polar surface area (TPSA) is 69.3 Å². The number of aromatic amines is 1. The second kappa shape index (κ2) is 8.58. The largest absolute Gasteiger partial charge is 0.343 e. The number of likely N-dealkylation sites (tertiary alicyclic amines) is 2. The van der Waals surface area contributed by atoms with E-state index in [0.29, 0.717) is 44.5 Å². The molecule has 0 bridgehead atoms. The number of hydrogen-bond donors (Lipinski definition) is 1. The van der Waals surface area contributed by atoms with Gasteiger partial charge in [-0.2, -0.15) is 5.10 Å². The molecule has 2 aliphatic heterocycles. The maximum atomic E-state index is 14.5. The predicted molar refractivity (Wildman–Crippen MR) is 111 cm³/mol. The Labute approximate surface area is 176 Å². The molecule has 6 nitrogen and oxygen atoms in total. The van der Waals surface area contributed by atoms with Crippen molar-refractivity contribution in [3.05, 3.63) is 53.6 Å². The van der Waals surface area contributed by atoms with E-state index in [0.717, 1.165) is 25.1 Å². The van der Waals surface area contributed by atoms with Crippen molar-refractivity contribution in [3.63, 3.8) is 0 Å². The number of nitrogens with one attached hydrogen (secondary N) is 1. The lowest BCUT2D eigenvalue weighted by Crippen LogP contribution is -2.53. The Kier molecular flexibility index (Phi) is 5.88. The van der Waals surface area contributed by atoms with Gasteiger partial charge in [-0.15, -0.1) is 0 Å². The highest BCUT2D eigenvalue weighted by molar-refractivity contribution is 5.84. The number of carbonyl (C=O) groups is 2. The summed E-state index contributed by atoms with van der Waals surface area (Å²) in [5, 5.41) is 7.09. The van der Waals surface area contributed by atoms with Crippen molar-refractivity contribution in [2.75, 3.05) is 26.2 Å². The summed E-state index contributed by atoms with van der Waals surface area (Å²) in [4.78, 5) is 29.4. The summed E-state index contributed by atoms with van der Waals surface area (Å²) in [5.41, 5.74) is 0.954. The molecular weight excluding hydrogens is 383 g/mol. The van der Waals surface area contributed by atoms with Crippen LogP contribution in [0.25, 0.3) is 0 Å². The monoisotopic (exact) mass is 412 g/mol. The quantitative estimate of drug-likeness (QED) is 0.839. The minimum atomic E-state index is -0.677. The summed E-state index contributed by atoms with van der Waals surface area (Å²) in [5.74, 6) is 0.0954. The van der Waals surface area contributed by atoms with Gasteiger partial charge >= 0.3 is 0 Å². The molecule has 1 atom stereocenters. The lowest BCUT2D eigenvalue weighted by molar-refractivity contribution is -0.149. The molecule has 3 heterocycles. The van der Waals surface area contributed by atoms with Crippen LogP contribution in [0.3, 0.4) is 0 Å². The summed E-state index contributed by atoms with van der Waals surface area (Å²) < 4.78 is 14.5. The molecule has 0 radical (unpaired) electrons. The predicted octanol–water partition coefficient (Wildman–Crippen LogP) is 3.13. The third-order valence-electron chi connectivity index (χ3n) is 6.78. The molecule has 0 saturated carbocycles. The first-order valence-electron chi connectivity index (χ1n) is 10.8. The average Bonchev–Trinajstić information content (AvgIpc) is 3.30. The van der Waals surface area contributed by atoms with Crippen LogP contribution in [0, 0.1) is 11.2 Å². The minimum absolute atomic E-state index is 0.0271. The second-order valence-electron chi connectivity index (χ2n) is 8.66. The second-order valence-corrected chi connectivity index (χ2v) is 8.66. The fourth-order valence-electron chi connectivity index (χ4n) is 4.97. The molecule has 2 saturated heterocycles. The van der Waals surface area contributed by atoms with E-state index in [9.17, 15) is 14.0 Å². The Hall–Kier alpha value is -2.70. The molecule has 1 N–H and O–H groups in total. The van der Waals surface area contributed by atoms with Crippen LogP contribution in [0.5, 0.6) is 0 Å². The molecule has 4 rings (SSSR count). The van der Waals surface area contributed by atoms with Gasteiger partial charge in [0.1, 0.15) is 5.82 Å². The zero-order valence-electron chi connectivity index (χ0n) is 17.4. The van der Waals surface area contributed by atoms with Crippen molar-refractivity contribution in [1.82, 2.24) is 20.0 Å². The van der Waals surface area contributed by atoms with Gasteiger partial charge in [-0.3, -0.25) is 14.7 Å². The zero-order valence-corrected chi connectivity index (χ0v) is 17.4. The van der Waals surface area contributed by atoms with E-state index >= 15 is 0 Å². The number of aromatic nitrogens is 2. The average molecular weight is 413 g/mol. The number of amides is 2. The van der Waals surface area contributed by atoms with Crippen LogP contribution in [0.4, 0.5) is 4.39 Å². The molecule has 2 aromatic rings. The van der Waals surface area contributed by atoms with Crippen LogP contribution < -0.4 is 0 Å². The van der Waals surface area contributed by atoms with E-state index in [2.05, 4.69) is 10.2 Å². The van der Waals surface area contributed by atoms with Crippen LogP contribution in [0.15, 0.2) is 36.5 Å². The molecule has 1 unspecified atom stereocenters. The highest BCUT2D eigenvalue weighted by atomic mass is 19.1. The van der Waals surface area contributed by atoms with E-state index in [-0.39, 0.29) is 23.5 Å². The zero-order chi connectivity index (χ0) is 21.1. The van der Waals surface area contributed by atoms with E-state index in [4.69, 9.17) is 0 Å². The standard InChI is InChI=1S/C23H29FN4O2/c1-17(29)27-13-9-23(10-14-27,15-18-5-2-3-7-20(18)24)22(30)28-12-4-6-19(16-28)21-8-11-25-26-21/h2-3,5,7-8,11,19H,4,6,9-10,12-16H2,1H3,(H,25,26). The Morgan fingerprint density at radius 1 is 1.17 bits per heavy atom. The number of H-pyrrole nitrogens is 1. The number of benzene rings is 1. The minimum Gasteiger partial charge on any atom is -0.343 e. The summed E-state index contributed by atoms with van der Waals surface area (Å²) >= 11 is 0. The van der Waals surface area contributed by atoms with Crippen LogP contribution >= 0.6 is 0 Å². The first-order valence-corrected chi connectivity index (χ1v) is 10.8. The van der Waals surface area contributed by atoms with Crippen molar-refractivity contribution < 1.29 is 14.0 Å². The van der Waals surface area contributed by atoms with E-state index in [1.807, 2.05) is 17.0 Å². The van der Waals surface area contributed by atoms with Crippen LogP contribution in [0.1, 0.15) is 49.8 Å². The van der Waals surface area contributed by atoms with E-state index in [1.54, 1.807) is 30.2 Å². The number of carbonyl (C=O) groups excluding carboxylic acids is 2. The molecule has 1 aromatic carbocycles. The van der Waals surface area contributed by atoms with Crippen molar-refractivity contribution in [2.24, 2.45) is 5.41 Å². The molecule has 2 aliphatic rings. The fourth-order valence-corrected chi connectivity index (χ4v) is 4.97. The lowest BCUT2D eigenvalue weighted by Gasteiger charge is -2.45. The smallest absolute Gasteiger partial charge is 0.229 e. The summed E-state index contributed by atoms with van der Waals surface area (Å²) in [6, 6.07) is 8.68. The van der Waals surface area contributed by atoms with Crippen molar-refractivity contribution >= 4 is 11.8 Å². The highest BCUT2D eigenvalue weighted by Gasteiger charge is 2.45. The number of piperidine rings is 2. The SMILES string of the molecule is CC(=O)N1CCC(Cc2ccccc2F)(C(=O)N2CCCC(c3ccn[nH]3)C2)CC1. The van der Waals surface area contributed by atoms with E-state index < -0.39 is 5.41 Å². The molecule has 0 aliphatic carbocycles. The Balaban J connectivity index is 1.58. The Bertz CT molecular complexity index is 890. The Morgan fingerprint density at radius 2 is 1.93 bits per heavy atom. The first kappa shape index (κ1) is 20.6. The number of nitrogens with zero attached hydrogens (tertiary/aromatic N) is 3. The van der Waals surface area contributed by atoms with Crippen molar-refractivity contribution in [2.45, 2.75) is 44.9 Å². The molecule has 7 heteroatoms. The summed E-state index contributed by atoms with van der Waals surface area (Å²) in [6.07, 6.45) is 5.19. The van der Waals surface area contributed by atoms with Crippen LogP contribution in [0.2, 0.25) is 0 Å². The number of rotatable bonds is 4. The van der Waals surface area contributed by atoms with E-state index in [1.165, 1.54) is 6.07 Å². The van der Waals surface area contributed by atoms with Gasteiger partial charge in [0.25, 0.3) is 0 Å². The van der Waals surface area contributed by atoms with Gasteiger partial charge in [-0.05, 0) is 49.8 Å². The molecular formula is C23H29FN4O2. The first-order chi connectivity index (χ1) is 14.5. The van der Waals surface area contributed by atoms with Crippen LogP contribution in [-0.2, 0) is 16.0 Å². The van der Waals surface area contributed by atoms with Gasteiger partial charge in [0.15, 0.2) is 0 Å². The molecule has 160 valence electrons. The normalized spacial score (nSPS) is 21.5. The van der Waals surface area contributed by atoms with Gasteiger partial charge in [0.2, 0.25) is 11.8 Å². The maximum Gasteiger partial charge on any atom is 0.229 e. The molecule has 1 aromatic heterocycles. The summed E-state index contributed by atoms with van der Waals surface area (Å²) in [6.45, 7) is 4.00. The number of halogens is 1. The number of hydrogen-bond acceptors (Lipinski definition) is 3. The van der Waals surface area contributed by atoms with Gasteiger partial charge < -0.3 is 9.80 Å². The van der Waals surface area contributed by atoms with Crippen LogP contribution in [-0.4, -0.2) is 58.0 Å². The Morgan fingerprint density at radius 3 is 2.60 bits per heavy atom. The molecule has 2 amide bonds. The molecule has 0 spiro atoms. The van der Waals surface area contributed by atoms with Gasteiger partial charge in [-0.25, -0.2) is 4.39 Å². The van der Waals surface area contributed by atoms with Gasteiger partial charge in [0.05, 0.1) is 5.41 Å². The third kappa shape index (κ3) is 4.11. The van der Waals surface area contributed by atoms with Gasteiger partial charge in [-0.1, -0.05) is 18.2 Å².